The Labute approximate surface area is 119 Å². The molecule has 1 N–H and O–H groups in total. The lowest BCUT2D eigenvalue weighted by Crippen LogP contribution is -2.49. The smallest absolute Gasteiger partial charge is 0.223 e. The van der Waals surface area contributed by atoms with Crippen LogP contribution in [0.5, 0.6) is 0 Å². The first-order valence-electron chi connectivity index (χ1n) is 7.82. The van der Waals surface area contributed by atoms with Crippen LogP contribution in [-0.4, -0.2) is 16.0 Å². The SMILES string of the molecule is Cc1nc(C2(NC(=O)C3CCC3)CCCCCC2)no1. The predicted molar refractivity (Wildman–Crippen MR) is 73.9 cm³/mol. The summed E-state index contributed by atoms with van der Waals surface area (Å²) < 4.78 is 5.15. The molecule has 0 unspecified atom stereocenters. The Hall–Kier alpha value is -1.39. The van der Waals surface area contributed by atoms with Crippen LogP contribution in [-0.2, 0) is 10.3 Å². The van der Waals surface area contributed by atoms with Crippen LogP contribution >= 0.6 is 0 Å². The number of amides is 1. The second-order valence-corrected chi connectivity index (χ2v) is 6.25. The van der Waals surface area contributed by atoms with Gasteiger partial charge in [0.2, 0.25) is 11.8 Å². The van der Waals surface area contributed by atoms with Gasteiger partial charge in [-0.05, 0) is 25.7 Å². The molecule has 0 bridgehead atoms. The van der Waals surface area contributed by atoms with E-state index in [1.54, 1.807) is 6.92 Å². The summed E-state index contributed by atoms with van der Waals surface area (Å²) in [5.41, 5.74) is -0.402. The zero-order valence-corrected chi connectivity index (χ0v) is 12.2. The van der Waals surface area contributed by atoms with Crippen molar-refractivity contribution in [3.05, 3.63) is 11.7 Å². The van der Waals surface area contributed by atoms with Crippen molar-refractivity contribution in [1.82, 2.24) is 15.5 Å². The highest BCUT2D eigenvalue weighted by Gasteiger charge is 2.40. The predicted octanol–water partition coefficient (Wildman–Crippen LogP) is 2.84. The number of nitrogens with zero attached hydrogens (tertiary/aromatic N) is 2. The summed E-state index contributed by atoms with van der Waals surface area (Å²) in [6.45, 7) is 1.80. The number of nitrogens with one attached hydrogen (secondary N) is 1. The quantitative estimate of drug-likeness (QED) is 0.863. The van der Waals surface area contributed by atoms with Crippen molar-refractivity contribution in [3.63, 3.8) is 0 Å². The molecule has 3 rings (SSSR count). The normalized spacial score (nSPS) is 22.9. The van der Waals surface area contributed by atoms with E-state index in [-0.39, 0.29) is 11.8 Å². The van der Waals surface area contributed by atoms with E-state index in [0.29, 0.717) is 11.7 Å². The minimum Gasteiger partial charge on any atom is -0.343 e. The van der Waals surface area contributed by atoms with Crippen LogP contribution < -0.4 is 5.32 Å². The van der Waals surface area contributed by atoms with Crippen LogP contribution in [0, 0.1) is 12.8 Å². The van der Waals surface area contributed by atoms with Gasteiger partial charge in [0.15, 0.2) is 5.82 Å². The molecule has 2 aliphatic carbocycles. The van der Waals surface area contributed by atoms with Gasteiger partial charge in [-0.15, -0.1) is 0 Å². The summed E-state index contributed by atoms with van der Waals surface area (Å²) in [4.78, 5) is 16.8. The third-order valence-electron chi connectivity index (χ3n) is 4.75. The number of carbonyl (C=O) groups is 1. The maximum Gasteiger partial charge on any atom is 0.223 e. The molecule has 0 spiro atoms. The highest BCUT2D eigenvalue weighted by molar-refractivity contribution is 5.80. The molecule has 5 heteroatoms. The van der Waals surface area contributed by atoms with Crippen LogP contribution in [0.3, 0.4) is 0 Å². The molecule has 1 aromatic rings. The maximum absolute atomic E-state index is 12.4. The van der Waals surface area contributed by atoms with Gasteiger partial charge in [-0.25, -0.2) is 0 Å². The molecule has 0 saturated heterocycles. The van der Waals surface area contributed by atoms with Crippen molar-refractivity contribution in [2.75, 3.05) is 0 Å². The third-order valence-corrected chi connectivity index (χ3v) is 4.75. The Morgan fingerprint density at radius 2 is 1.90 bits per heavy atom. The first-order chi connectivity index (χ1) is 9.70. The number of rotatable bonds is 3. The van der Waals surface area contributed by atoms with Gasteiger partial charge in [0.05, 0.1) is 0 Å². The topological polar surface area (TPSA) is 68.0 Å². The van der Waals surface area contributed by atoms with Gasteiger partial charge in [-0.2, -0.15) is 4.98 Å². The lowest BCUT2D eigenvalue weighted by molar-refractivity contribution is -0.130. The fraction of sp³-hybridized carbons (Fsp3) is 0.800. The molecule has 1 heterocycles. The van der Waals surface area contributed by atoms with Crippen molar-refractivity contribution in [3.8, 4) is 0 Å². The molecule has 2 fully saturated rings. The first-order valence-corrected chi connectivity index (χ1v) is 7.82. The van der Waals surface area contributed by atoms with Gasteiger partial charge in [-0.1, -0.05) is 37.3 Å². The molecule has 110 valence electrons. The lowest BCUT2D eigenvalue weighted by Gasteiger charge is -2.34. The van der Waals surface area contributed by atoms with Crippen LogP contribution in [0.25, 0.3) is 0 Å². The monoisotopic (exact) mass is 277 g/mol. The van der Waals surface area contributed by atoms with Crippen LogP contribution in [0.4, 0.5) is 0 Å². The second-order valence-electron chi connectivity index (χ2n) is 6.25. The van der Waals surface area contributed by atoms with E-state index in [1.165, 1.54) is 19.3 Å². The average molecular weight is 277 g/mol. The summed E-state index contributed by atoms with van der Waals surface area (Å²) in [5.74, 6) is 1.62. The summed E-state index contributed by atoms with van der Waals surface area (Å²) in [7, 11) is 0. The van der Waals surface area contributed by atoms with Crippen molar-refractivity contribution < 1.29 is 9.32 Å². The molecule has 5 nitrogen and oxygen atoms in total. The molecule has 0 aliphatic heterocycles. The second kappa shape index (κ2) is 5.54. The number of carbonyl (C=O) groups excluding carboxylic acids is 1. The molecule has 1 amide bonds. The summed E-state index contributed by atoms with van der Waals surface area (Å²) >= 11 is 0. The van der Waals surface area contributed by atoms with Crippen molar-refractivity contribution >= 4 is 5.91 Å². The highest BCUT2D eigenvalue weighted by atomic mass is 16.5. The molecular weight excluding hydrogens is 254 g/mol. The minimum atomic E-state index is -0.402. The Morgan fingerprint density at radius 1 is 1.20 bits per heavy atom. The zero-order valence-electron chi connectivity index (χ0n) is 12.2. The summed E-state index contributed by atoms with van der Waals surface area (Å²) in [5, 5.41) is 7.39. The molecule has 2 saturated carbocycles. The van der Waals surface area contributed by atoms with Gasteiger partial charge in [0.1, 0.15) is 5.54 Å². The standard InChI is InChI=1S/C15H23N3O2/c1-11-16-14(18-20-11)15(9-4-2-3-5-10-15)17-13(19)12-7-6-8-12/h12H,2-10H2,1H3,(H,17,19). The molecule has 0 atom stereocenters. The van der Waals surface area contributed by atoms with E-state index in [4.69, 9.17) is 4.52 Å². The number of aromatic nitrogens is 2. The Balaban J connectivity index is 1.83. The fourth-order valence-corrected chi connectivity index (χ4v) is 3.24. The Morgan fingerprint density at radius 3 is 2.40 bits per heavy atom. The third kappa shape index (κ3) is 2.58. The van der Waals surface area contributed by atoms with Gasteiger partial charge < -0.3 is 9.84 Å². The fourth-order valence-electron chi connectivity index (χ4n) is 3.24. The number of hydrogen-bond acceptors (Lipinski definition) is 4. The van der Waals surface area contributed by atoms with E-state index in [0.717, 1.165) is 38.5 Å². The van der Waals surface area contributed by atoms with E-state index in [2.05, 4.69) is 15.5 Å². The molecular formula is C15H23N3O2. The summed E-state index contributed by atoms with van der Waals surface area (Å²) in [6.07, 6.45) is 9.72. The van der Waals surface area contributed by atoms with E-state index < -0.39 is 5.54 Å². The van der Waals surface area contributed by atoms with Crippen LogP contribution in [0.2, 0.25) is 0 Å². The number of hydrogen-bond donors (Lipinski definition) is 1. The Bertz CT molecular complexity index is 471. The van der Waals surface area contributed by atoms with Gasteiger partial charge in [0, 0.05) is 12.8 Å². The zero-order chi connectivity index (χ0) is 14.0. The van der Waals surface area contributed by atoms with Gasteiger partial charge in [-0.3, -0.25) is 4.79 Å². The van der Waals surface area contributed by atoms with Crippen molar-refractivity contribution in [1.29, 1.82) is 0 Å². The largest absolute Gasteiger partial charge is 0.343 e. The maximum atomic E-state index is 12.4. The Kier molecular flexibility index (Phi) is 3.76. The van der Waals surface area contributed by atoms with E-state index in [9.17, 15) is 4.79 Å². The molecule has 2 aliphatic rings. The summed E-state index contributed by atoms with van der Waals surface area (Å²) in [6, 6.07) is 0. The van der Waals surface area contributed by atoms with Crippen molar-refractivity contribution in [2.45, 2.75) is 70.3 Å². The first kappa shape index (κ1) is 13.6. The van der Waals surface area contributed by atoms with Crippen LogP contribution in [0.1, 0.15) is 69.5 Å². The molecule has 0 radical (unpaired) electrons. The molecule has 20 heavy (non-hydrogen) atoms. The minimum absolute atomic E-state index is 0.181. The van der Waals surface area contributed by atoms with Gasteiger partial charge in [0.25, 0.3) is 0 Å². The molecule has 1 aromatic heterocycles. The molecule has 0 aromatic carbocycles. The highest BCUT2D eigenvalue weighted by Crippen LogP contribution is 2.36. The van der Waals surface area contributed by atoms with Crippen molar-refractivity contribution in [2.24, 2.45) is 5.92 Å². The lowest BCUT2D eigenvalue weighted by atomic mass is 9.82. The number of aryl methyl sites for hydroxylation is 1. The van der Waals surface area contributed by atoms with Gasteiger partial charge >= 0.3 is 0 Å². The average Bonchev–Trinajstić information content (AvgIpc) is 2.65. The van der Waals surface area contributed by atoms with E-state index >= 15 is 0 Å². The van der Waals surface area contributed by atoms with Crippen LogP contribution in [0.15, 0.2) is 4.52 Å². The van der Waals surface area contributed by atoms with E-state index in [1.807, 2.05) is 0 Å².